The van der Waals surface area contributed by atoms with Crippen LogP contribution in [0.25, 0.3) is 21.9 Å². The Hall–Kier alpha value is -3.08. The van der Waals surface area contributed by atoms with Crippen molar-refractivity contribution in [3.63, 3.8) is 0 Å². The molecule has 5 heteroatoms. The lowest BCUT2D eigenvalue weighted by Gasteiger charge is -2.20. The van der Waals surface area contributed by atoms with Crippen LogP contribution in [0.4, 0.5) is 4.39 Å². The van der Waals surface area contributed by atoms with E-state index in [2.05, 4.69) is 0 Å². The summed E-state index contributed by atoms with van der Waals surface area (Å²) in [6.45, 7) is 1.72. The molecule has 0 N–H and O–H groups in total. The molecule has 0 aromatic heterocycles. The molecule has 4 nitrogen and oxygen atoms in total. The predicted octanol–water partition coefficient (Wildman–Crippen LogP) is 4.51. The molecule has 0 bridgehead atoms. The maximum absolute atomic E-state index is 14.0. The normalized spacial score (nSPS) is 11.9. The van der Waals surface area contributed by atoms with Gasteiger partial charge in [0.05, 0.1) is 7.11 Å². The minimum absolute atomic E-state index is 0.113. The molecule has 0 radical (unpaired) electrons. The largest absolute Gasteiger partial charge is 0.497 e. The molecule has 1 unspecified atom stereocenters. The smallest absolute Gasteiger partial charge is 0.262 e. The van der Waals surface area contributed by atoms with Crippen LogP contribution in [0, 0.1) is 5.82 Å². The predicted molar refractivity (Wildman–Crippen MR) is 105 cm³/mol. The van der Waals surface area contributed by atoms with E-state index in [9.17, 15) is 9.18 Å². The number of amides is 1. The van der Waals surface area contributed by atoms with E-state index in [0.717, 1.165) is 16.3 Å². The second kappa shape index (κ2) is 7.66. The van der Waals surface area contributed by atoms with Crippen molar-refractivity contribution in [1.29, 1.82) is 0 Å². The maximum atomic E-state index is 14.0. The molecule has 27 heavy (non-hydrogen) atoms. The fraction of sp³-hybridized carbons (Fsp3) is 0.227. The standard InChI is InChI=1S/C22H22FNO3/c1-14(22(25)24(2)3)27-21-10-9-18(19-7-5-6-8-20(19)21)15-11-16(23)13-17(12-15)26-4/h5-14H,1-4H3. The van der Waals surface area contributed by atoms with Crippen molar-refractivity contribution >= 4 is 16.7 Å². The second-order valence-electron chi connectivity index (χ2n) is 6.53. The Kier molecular flexibility index (Phi) is 5.31. The molecule has 0 heterocycles. The third-order valence-corrected chi connectivity index (χ3v) is 4.39. The Morgan fingerprint density at radius 1 is 1.04 bits per heavy atom. The summed E-state index contributed by atoms with van der Waals surface area (Å²) in [5.41, 5.74) is 1.58. The number of likely N-dealkylation sites (N-methyl/N-ethyl adjacent to an activating group) is 1. The van der Waals surface area contributed by atoms with E-state index in [1.807, 2.05) is 36.4 Å². The van der Waals surface area contributed by atoms with Gasteiger partial charge in [-0.25, -0.2) is 4.39 Å². The number of methoxy groups -OCH3 is 1. The van der Waals surface area contributed by atoms with E-state index in [1.54, 1.807) is 27.1 Å². The van der Waals surface area contributed by atoms with E-state index in [-0.39, 0.29) is 11.7 Å². The summed E-state index contributed by atoms with van der Waals surface area (Å²) in [5, 5.41) is 1.77. The zero-order chi connectivity index (χ0) is 19.6. The zero-order valence-electron chi connectivity index (χ0n) is 15.8. The van der Waals surface area contributed by atoms with Crippen LogP contribution < -0.4 is 9.47 Å². The number of fused-ring (bicyclic) bond motifs is 1. The van der Waals surface area contributed by atoms with Crippen LogP contribution in [0.1, 0.15) is 6.92 Å². The Morgan fingerprint density at radius 3 is 2.41 bits per heavy atom. The van der Waals surface area contributed by atoms with Crippen molar-refractivity contribution in [2.75, 3.05) is 21.2 Å². The van der Waals surface area contributed by atoms with Crippen LogP contribution >= 0.6 is 0 Å². The second-order valence-corrected chi connectivity index (χ2v) is 6.53. The molecule has 3 aromatic rings. The summed E-state index contributed by atoms with van der Waals surface area (Å²) in [7, 11) is 4.90. The van der Waals surface area contributed by atoms with Crippen LogP contribution in [-0.4, -0.2) is 38.1 Å². The number of hydrogen-bond acceptors (Lipinski definition) is 3. The molecule has 0 aliphatic heterocycles. The molecule has 0 aliphatic carbocycles. The van der Waals surface area contributed by atoms with Crippen LogP contribution in [0.15, 0.2) is 54.6 Å². The average Bonchev–Trinajstić information content (AvgIpc) is 2.66. The number of ether oxygens (including phenoxy) is 2. The van der Waals surface area contributed by atoms with E-state index in [1.165, 1.54) is 24.1 Å². The fourth-order valence-corrected chi connectivity index (χ4v) is 3.07. The molecule has 3 rings (SSSR count). The molecular weight excluding hydrogens is 345 g/mol. The Labute approximate surface area is 158 Å². The third-order valence-electron chi connectivity index (χ3n) is 4.39. The molecule has 0 fully saturated rings. The first-order valence-electron chi connectivity index (χ1n) is 8.65. The highest BCUT2D eigenvalue weighted by molar-refractivity contribution is 6.00. The number of benzene rings is 3. The quantitative estimate of drug-likeness (QED) is 0.666. The van der Waals surface area contributed by atoms with Crippen molar-refractivity contribution in [1.82, 2.24) is 4.90 Å². The lowest BCUT2D eigenvalue weighted by molar-refractivity contribution is -0.135. The number of carbonyl (C=O) groups is 1. The number of nitrogens with zero attached hydrogens (tertiary/aromatic N) is 1. The van der Waals surface area contributed by atoms with Gasteiger partial charge in [-0.1, -0.05) is 30.3 Å². The summed E-state index contributed by atoms with van der Waals surface area (Å²) in [6.07, 6.45) is -0.608. The first-order chi connectivity index (χ1) is 12.9. The van der Waals surface area contributed by atoms with Crippen molar-refractivity contribution in [3.8, 4) is 22.6 Å². The molecule has 1 amide bonds. The third kappa shape index (κ3) is 3.87. The summed E-state index contributed by atoms with van der Waals surface area (Å²) < 4.78 is 25.1. The van der Waals surface area contributed by atoms with Gasteiger partial charge in [0, 0.05) is 25.5 Å². The van der Waals surface area contributed by atoms with Gasteiger partial charge in [0.15, 0.2) is 6.10 Å². The molecule has 140 valence electrons. The Bertz CT molecular complexity index is 984. The van der Waals surface area contributed by atoms with E-state index < -0.39 is 6.10 Å². The van der Waals surface area contributed by atoms with E-state index in [4.69, 9.17) is 9.47 Å². The minimum atomic E-state index is -0.608. The lowest BCUT2D eigenvalue weighted by atomic mass is 9.97. The van der Waals surface area contributed by atoms with Crippen molar-refractivity contribution < 1.29 is 18.7 Å². The van der Waals surface area contributed by atoms with Gasteiger partial charge in [-0.05, 0) is 41.6 Å². The Balaban J connectivity index is 2.09. The number of carbonyl (C=O) groups excluding carboxylic acids is 1. The Morgan fingerprint density at radius 2 is 1.74 bits per heavy atom. The molecule has 0 aliphatic rings. The SMILES string of the molecule is COc1cc(F)cc(-c2ccc(OC(C)C(=O)N(C)C)c3ccccc23)c1. The van der Waals surface area contributed by atoms with Gasteiger partial charge in [-0.15, -0.1) is 0 Å². The number of rotatable bonds is 5. The molecule has 0 saturated heterocycles. The number of halogens is 1. The van der Waals surface area contributed by atoms with Crippen molar-refractivity contribution in [3.05, 3.63) is 60.4 Å². The maximum Gasteiger partial charge on any atom is 0.262 e. The van der Waals surface area contributed by atoms with Gasteiger partial charge in [-0.2, -0.15) is 0 Å². The molecule has 1 atom stereocenters. The molecule has 3 aromatic carbocycles. The van der Waals surface area contributed by atoms with Gasteiger partial charge in [0.2, 0.25) is 0 Å². The average molecular weight is 367 g/mol. The summed E-state index contributed by atoms with van der Waals surface area (Å²) in [4.78, 5) is 13.6. The fourth-order valence-electron chi connectivity index (χ4n) is 3.07. The highest BCUT2D eigenvalue weighted by Gasteiger charge is 2.18. The lowest BCUT2D eigenvalue weighted by Crippen LogP contribution is -2.35. The van der Waals surface area contributed by atoms with Crippen LogP contribution in [-0.2, 0) is 4.79 Å². The summed E-state index contributed by atoms with van der Waals surface area (Å²) >= 11 is 0. The van der Waals surface area contributed by atoms with Gasteiger partial charge < -0.3 is 14.4 Å². The van der Waals surface area contributed by atoms with Crippen LogP contribution in [0.2, 0.25) is 0 Å². The summed E-state index contributed by atoms with van der Waals surface area (Å²) in [6, 6.07) is 16.0. The van der Waals surface area contributed by atoms with Crippen molar-refractivity contribution in [2.24, 2.45) is 0 Å². The van der Waals surface area contributed by atoms with Crippen LogP contribution in [0.5, 0.6) is 11.5 Å². The van der Waals surface area contributed by atoms with E-state index in [0.29, 0.717) is 17.1 Å². The molecular formula is C22H22FNO3. The van der Waals surface area contributed by atoms with Crippen molar-refractivity contribution in [2.45, 2.75) is 13.0 Å². The minimum Gasteiger partial charge on any atom is -0.497 e. The highest BCUT2D eigenvalue weighted by atomic mass is 19.1. The zero-order valence-corrected chi connectivity index (χ0v) is 15.8. The number of hydrogen-bond donors (Lipinski definition) is 0. The highest BCUT2D eigenvalue weighted by Crippen LogP contribution is 2.36. The van der Waals surface area contributed by atoms with Crippen LogP contribution in [0.3, 0.4) is 0 Å². The topological polar surface area (TPSA) is 38.8 Å². The van der Waals surface area contributed by atoms with Gasteiger partial charge in [0.25, 0.3) is 5.91 Å². The monoisotopic (exact) mass is 367 g/mol. The molecule has 0 saturated carbocycles. The van der Waals surface area contributed by atoms with E-state index >= 15 is 0 Å². The first kappa shape index (κ1) is 18.7. The molecule has 0 spiro atoms. The van der Waals surface area contributed by atoms with Gasteiger partial charge in [-0.3, -0.25) is 4.79 Å². The first-order valence-corrected chi connectivity index (χ1v) is 8.65. The summed E-state index contributed by atoms with van der Waals surface area (Å²) in [5.74, 6) is 0.594. The van der Waals surface area contributed by atoms with Gasteiger partial charge in [0.1, 0.15) is 17.3 Å². The van der Waals surface area contributed by atoms with Gasteiger partial charge >= 0.3 is 0 Å².